The van der Waals surface area contributed by atoms with Gasteiger partial charge in [-0.2, -0.15) is 0 Å². The van der Waals surface area contributed by atoms with Crippen molar-refractivity contribution >= 4 is 11.4 Å². The van der Waals surface area contributed by atoms with Crippen LogP contribution in [0.15, 0.2) is 18.2 Å². The van der Waals surface area contributed by atoms with E-state index in [-0.39, 0.29) is 12.3 Å². The first-order valence-electron chi connectivity index (χ1n) is 7.46. The zero-order valence-corrected chi connectivity index (χ0v) is 12.3. The van der Waals surface area contributed by atoms with Crippen molar-refractivity contribution in [3.8, 4) is 5.75 Å². The molecule has 0 aliphatic carbocycles. The van der Waals surface area contributed by atoms with Gasteiger partial charge in [0.15, 0.2) is 5.75 Å². The molecular formula is C15H22N2O4. The molecule has 1 heterocycles. The summed E-state index contributed by atoms with van der Waals surface area (Å²) in [5.41, 5.74) is 0.969. The monoisotopic (exact) mass is 294 g/mol. The Morgan fingerprint density at radius 1 is 1.52 bits per heavy atom. The van der Waals surface area contributed by atoms with E-state index < -0.39 is 4.92 Å². The number of nitrogens with zero attached hydrogens (tertiary/aromatic N) is 2. The van der Waals surface area contributed by atoms with Crippen LogP contribution in [-0.2, 0) is 0 Å². The van der Waals surface area contributed by atoms with Gasteiger partial charge in [0.25, 0.3) is 0 Å². The van der Waals surface area contributed by atoms with Gasteiger partial charge in [-0.3, -0.25) is 10.1 Å². The Hall–Kier alpha value is -1.82. The lowest BCUT2D eigenvalue weighted by atomic mass is 10.1. The highest BCUT2D eigenvalue weighted by Gasteiger charge is 2.26. The molecule has 1 aliphatic rings. The van der Waals surface area contributed by atoms with Crippen LogP contribution in [0.1, 0.15) is 32.6 Å². The van der Waals surface area contributed by atoms with E-state index in [2.05, 4.69) is 4.90 Å². The van der Waals surface area contributed by atoms with E-state index in [1.807, 2.05) is 6.92 Å². The van der Waals surface area contributed by atoms with Gasteiger partial charge in [-0.25, -0.2) is 0 Å². The number of aliphatic hydroxyl groups is 1. The van der Waals surface area contributed by atoms with Gasteiger partial charge in [0.05, 0.1) is 11.5 Å². The molecule has 2 rings (SSSR count). The van der Waals surface area contributed by atoms with Crippen LogP contribution < -0.4 is 9.64 Å². The van der Waals surface area contributed by atoms with Crippen LogP contribution in [-0.4, -0.2) is 35.8 Å². The number of aliphatic hydroxyl groups excluding tert-OH is 1. The molecule has 0 radical (unpaired) electrons. The molecule has 1 atom stereocenters. The molecule has 1 N–H and O–H groups in total. The summed E-state index contributed by atoms with van der Waals surface area (Å²) in [4.78, 5) is 12.9. The number of benzene rings is 1. The zero-order valence-electron chi connectivity index (χ0n) is 12.3. The van der Waals surface area contributed by atoms with Crippen molar-refractivity contribution in [2.75, 3.05) is 24.7 Å². The van der Waals surface area contributed by atoms with Crippen LogP contribution in [0.25, 0.3) is 0 Å². The summed E-state index contributed by atoms with van der Waals surface area (Å²) in [6.07, 6.45) is 3.93. The van der Waals surface area contributed by atoms with E-state index in [4.69, 9.17) is 9.84 Å². The minimum absolute atomic E-state index is 0.00621. The third-order valence-electron chi connectivity index (χ3n) is 3.84. The first-order valence-corrected chi connectivity index (χ1v) is 7.46. The maximum Gasteiger partial charge on any atom is 0.311 e. The van der Waals surface area contributed by atoms with E-state index in [0.29, 0.717) is 18.4 Å². The second-order valence-corrected chi connectivity index (χ2v) is 5.20. The third-order valence-corrected chi connectivity index (χ3v) is 3.84. The van der Waals surface area contributed by atoms with Gasteiger partial charge < -0.3 is 14.7 Å². The van der Waals surface area contributed by atoms with Crippen molar-refractivity contribution in [3.63, 3.8) is 0 Å². The highest BCUT2D eigenvalue weighted by Crippen LogP contribution is 2.35. The van der Waals surface area contributed by atoms with Gasteiger partial charge in [-0.15, -0.1) is 0 Å². The third kappa shape index (κ3) is 3.64. The predicted molar refractivity (Wildman–Crippen MR) is 81.0 cm³/mol. The minimum Gasteiger partial charge on any atom is -0.487 e. The van der Waals surface area contributed by atoms with Gasteiger partial charge >= 0.3 is 5.69 Å². The highest BCUT2D eigenvalue weighted by molar-refractivity contribution is 5.60. The summed E-state index contributed by atoms with van der Waals surface area (Å²) in [6, 6.07) is 5.46. The number of rotatable bonds is 7. The molecule has 6 nitrogen and oxygen atoms in total. The second-order valence-electron chi connectivity index (χ2n) is 5.20. The Morgan fingerprint density at radius 3 is 3.00 bits per heavy atom. The number of ether oxygens (including phenoxy) is 1. The van der Waals surface area contributed by atoms with Gasteiger partial charge in [0.2, 0.25) is 0 Å². The molecule has 0 amide bonds. The number of hydrogen-bond acceptors (Lipinski definition) is 5. The van der Waals surface area contributed by atoms with Crippen molar-refractivity contribution in [3.05, 3.63) is 28.3 Å². The Balaban J connectivity index is 2.22. The van der Waals surface area contributed by atoms with E-state index in [0.717, 1.165) is 37.9 Å². The van der Waals surface area contributed by atoms with Crippen LogP contribution in [0.5, 0.6) is 5.75 Å². The largest absolute Gasteiger partial charge is 0.487 e. The fourth-order valence-electron chi connectivity index (χ4n) is 2.91. The molecule has 1 aromatic rings. The van der Waals surface area contributed by atoms with E-state index >= 15 is 0 Å². The molecule has 1 aromatic carbocycles. The fourth-order valence-corrected chi connectivity index (χ4v) is 2.91. The molecule has 0 bridgehead atoms. The fraction of sp³-hybridized carbons (Fsp3) is 0.600. The van der Waals surface area contributed by atoms with Crippen molar-refractivity contribution in [2.24, 2.45) is 0 Å². The highest BCUT2D eigenvalue weighted by atomic mass is 16.6. The maximum absolute atomic E-state index is 11.0. The molecule has 1 saturated heterocycles. The maximum atomic E-state index is 11.0. The minimum atomic E-state index is -0.415. The summed E-state index contributed by atoms with van der Waals surface area (Å²) in [6.45, 7) is 3.36. The Kier molecular flexibility index (Phi) is 5.38. The molecule has 6 heteroatoms. The zero-order chi connectivity index (χ0) is 15.2. The van der Waals surface area contributed by atoms with Crippen molar-refractivity contribution in [2.45, 2.75) is 38.6 Å². The number of nitro benzene ring substituents is 1. The van der Waals surface area contributed by atoms with Crippen molar-refractivity contribution < 1.29 is 14.8 Å². The smallest absolute Gasteiger partial charge is 0.311 e. The van der Waals surface area contributed by atoms with Gasteiger partial charge in [0.1, 0.15) is 0 Å². The molecule has 0 aromatic heterocycles. The molecule has 1 aliphatic heterocycles. The molecule has 116 valence electrons. The van der Waals surface area contributed by atoms with Crippen LogP contribution in [0.4, 0.5) is 11.4 Å². The lowest BCUT2D eigenvalue weighted by Gasteiger charge is -2.27. The van der Waals surface area contributed by atoms with E-state index in [9.17, 15) is 10.1 Å². The normalized spacial score (nSPS) is 18.0. The first-order chi connectivity index (χ1) is 10.2. The van der Waals surface area contributed by atoms with Gasteiger partial charge in [-0.1, -0.05) is 0 Å². The Bertz CT molecular complexity index is 493. The summed E-state index contributed by atoms with van der Waals surface area (Å²) in [7, 11) is 0. The molecule has 1 fully saturated rings. The number of hydrogen-bond donors (Lipinski definition) is 1. The molecule has 21 heavy (non-hydrogen) atoms. The number of anilines is 1. The molecule has 0 saturated carbocycles. The summed E-state index contributed by atoms with van der Waals surface area (Å²) >= 11 is 0. The first kappa shape index (κ1) is 15.6. The molecule has 1 unspecified atom stereocenters. The van der Waals surface area contributed by atoms with Crippen LogP contribution in [0.2, 0.25) is 0 Å². The quantitative estimate of drug-likeness (QED) is 0.618. The van der Waals surface area contributed by atoms with Crippen molar-refractivity contribution in [1.29, 1.82) is 0 Å². The second kappa shape index (κ2) is 7.26. The van der Waals surface area contributed by atoms with Crippen molar-refractivity contribution in [1.82, 2.24) is 0 Å². The Morgan fingerprint density at radius 2 is 2.33 bits per heavy atom. The predicted octanol–water partition coefficient (Wildman–Crippen LogP) is 2.73. The Labute approximate surface area is 124 Å². The average molecular weight is 294 g/mol. The lowest BCUT2D eigenvalue weighted by Crippen LogP contribution is -2.29. The lowest BCUT2D eigenvalue weighted by molar-refractivity contribution is -0.385. The molecular weight excluding hydrogens is 272 g/mol. The van der Waals surface area contributed by atoms with E-state index in [1.165, 1.54) is 6.07 Å². The standard InChI is InChI=1S/C15H22N2O4/c1-2-21-15-11-13(7-8-14(15)17(19)20)16-9-3-5-12(16)6-4-10-18/h7-8,11-12,18H,2-6,9-10H2,1H3. The van der Waals surface area contributed by atoms with E-state index in [1.54, 1.807) is 12.1 Å². The topological polar surface area (TPSA) is 75.8 Å². The molecule has 0 spiro atoms. The average Bonchev–Trinajstić information content (AvgIpc) is 2.93. The number of nitro groups is 1. The van der Waals surface area contributed by atoms with Crippen LogP contribution >= 0.6 is 0 Å². The summed E-state index contributed by atoms with van der Waals surface area (Å²) < 4.78 is 5.41. The van der Waals surface area contributed by atoms with Gasteiger partial charge in [-0.05, 0) is 38.7 Å². The van der Waals surface area contributed by atoms with Crippen LogP contribution in [0, 0.1) is 10.1 Å². The summed E-state index contributed by atoms with van der Waals surface area (Å²) in [5.74, 6) is 0.327. The summed E-state index contributed by atoms with van der Waals surface area (Å²) in [5, 5.41) is 20.0. The SMILES string of the molecule is CCOc1cc(N2CCCC2CCCO)ccc1[N+](=O)[O-]. The van der Waals surface area contributed by atoms with Gasteiger partial charge in [0, 0.05) is 37.0 Å². The van der Waals surface area contributed by atoms with Crippen LogP contribution in [0.3, 0.4) is 0 Å².